The fourth-order valence-corrected chi connectivity index (χ4v) is 6.11. The van der Waals surface area contributed by atoms with Crippen LogP contribution in [0.25, 0.3) is 33.1 Å². The number of hydrogen-bond donors (Lipinski definition) is 3. The first-order chi connectivity index (χ1) is 18.1. The Morgan fingerprint density at radius 2 is 2.05 bits per heavy atom. The molecule has 1 aliphatic heterocycles. The summed E-state index contributed by atoms with van der Waals surface area (Å²) < 4.78 is 22.8. The monoisotopic (exact) mass is 499 g/mol. The second-order valence-electron chi connectivity index (χ2n) is 10.5. The van der Waals surface area contributed by atoms with E-state index < -0.39 is 0 Å². The van der Waals surface area contributed by atoms with Crippen LogP contribution in [0.3, 0.4) is 0 Å². The molecule has 2 saturated carbocycles. The van der Waals surface area contributed by atoms with Crippen LogP contribution in [0.2, 0.25) is 0 Å². The maximum atomic E-state index is 14.6. The molecule has 0 amide bonds. The van der Waals surface area contributed by atoms with Gasteiger partial charge in [-0.15, -0.1) is 0 Å². The van der Waals surface area contributed by atoms with Crippen molar-refractivity contribution in [1.29, 1.82) is 0 Å². The van der Waals surface area contributed by atoms with Gasteiger partial charge in [0.1, 0.15) is 22.8 Å². The first-order valence-corrected chi connectivity index (χ1v) is 12.8. The van der Waals surface area contributed by atoms with Crippen LogP contribution in [0.5, 0.6) is 11.8 Å². The summed E-state index contributed by atoms with van der Waals surface area (Å²) in [6, 6.07) is 5.78. The number of anilines is 2. The number of hydrogen-bond acceptors (Lipinski definition) is 8. The quantitative estimate of drug-likeness (QED) is 0.332. The highest BCUT2D eigenvalue weighted by atomic mass is 19.1. The number of nitrogens with zero attached hydrogens (tertiary/aromatic N) is 6. The summed E-state index contributed by atoms with van der Waals surface area (Å²) in [7, 11) is 1.77. The van der Waals surface area contributed by atoms with Gasteiger partial charge in [0.2, 0.25) is 0 Å². The van der Waals surface area contributed by atoms with Crippen LogP contribution in [0.4, 0.5) is 15.9 Å². The van der Waals surface area contributed by atoms with E-state index in [1.165, 1.54) is 12.1 Å². The Morgan fingerprint density at radius 3 is 2.84 bits per heavy atom. The Hall–Kier alpha value is -3.99. The van der Waals surface area contributed by atoms with Crippen molar-refractivity contribution in [3.05, 3.63) is 36.5 Å². The molecule has 0 radical (unpaired) electrons. The minimum atomic E-state index is -0.322. The fourth-order valence-electron chi connectivity index (χ4n) is 6.11. The lowest BCUT2D eigenvalue weighted by Crippen LogP contribution is -2.46. The van der Waals surface area contributed by atoms with Crippen LogP contribution in [0.1, 0.15) is 25.3 Å². The van der Waals surface area contributed by atoms with Crippen molar-refractivity contribution >= 4 is 44.6 Å². The largest absolute Gasteiger partial charge is 0.422 e. The van der Waals surface area contributed by atoms with Crippen LogP contribution in [0.15, 0.2) is 30.7 Å². The summed E-state index contributed by atoms with van der Waals surface area (Å²) in [5.41, 5.74) is 9.94. The highest BCUT2D eigenvalue weighted by molar-refractivity contribution is 6.14. The van der Waals surface area contributed by atoms with E-state index in [0.717, 1.165) is 65.6 Å². The van der Waals surface area contributed by atoms with Gasteiger partial charge in [-0.1, -0.05) is 0 Å². The summed E-state index contributed by atoms with van der Waals surface area (Å²) in [5, 5.41) is 4.60. The number of nitrogens with one attached hydrogen (secondary N) is 2. The van der Waals surface area contributed by atoms with Gasteiger partial charge in [-0.25, -0.2) is 14.4 Å². The van der Waals surface area contributed by atoms with Gasteiger partial charge in [-0.05, 0) is 43.2 Å². The van der Waals surface area contributed by atoms with Crippen molar-refractivity contribution < 1.29 is 9.13 Å². The molecule has 3 fully saturated rings. The smallest absolute Gasteiger partial charge is 0.326 e. The van der Waals surface area contributed by atoms with E-state index in [9.17, 15) is 4.39 Å². The summed E-state index contributed by atoms with van der Waals surface area (Å²) in [5.74, 6) is 1.91. The SMILES string of the molecule is CNc1cc(F)cc2c1[nH]c1nc(Oc3cnc4c(c3)ncn4C3CC3)nc(N3CC4C[C@@H](N)C4C3)c12. The van der Waals surface area contributed by atoms with Crippen molar-refractivity contribution in [3.63, 3.8) is 0 Å². The van der Waals surface area contributed by atoms with E-state index in [0.29, 0.717) is 35.0 Å². The van der Waals surface area contributed by atoms with Gasteiger partial charge in [0.15, 0.2) is 11.4 Å². The number of aromatic nitrogens is 6. The normalized spacial score (nSPS) is 23.1. The maximum Gasteiger partial charge on any atom is 0.326 e. The molecule has 4 aromatic heterocycles. The van der Waals surface area contributed by atoms with Gasteiger partial charge in [0.25, 0.3) is 0 Å². The summed E-state index contributed by atoms with van der Waals surface area (Å²) in [4.78, 5) is 24.3. The molecule has 37 heavy (non-hydrogen) atoms. The van der Waals surface area contributed by atoms with Crippen molar-refractivity contribution in [2.24, 2.45) is 17.6 Å². The summed E-state index contributed by atoms with van der Waals surface area (Å²) in [6.07, 6.45) is 6.87. The molecule has 10 nitrogen and oxygen atoms in total. The predicted octanol–water partition coefficient (Wildman–Crippen LogP) is 3.95. The minimum Gasteiger partial charge on any atom is -0.422 e. The number of pyridine rings is 1. The van der Waals surface area contributed by atoms with E-state index in [1.807, 2.05) is 12.4 Å². The number of imidazole rings is 1. The first-order valence-electron chi connectivity index (χ1n) is 12.8. The number of fused-ring (bicyclic) bond motifs is 5. The molecule has 0 bridgehead atoms. The lowest BCUT2D eigenvalue weighted by Gasteiger charge is -2.36. The third-order valence-corrected chi connectivity index (χ3v) is 8.21. The van der Waals surface area contributed by atoms with Crippen molar-refractivity contribution in [2.45, 2.75) is 31.3 Å². The minimum absolute atomic E-state index is 0.201. The zero-order valence-electron chi connectivity index (χ0n) is 20.3. The number of aromatic amines is 1. The Morgan fingerprint density at radius 1 is 1.16 bits per heavy atom. The van der Waals surface area contributed by atoms with Crippen LogP contribution in [-0.4, -0.2) is 55.7 Å². The number of halogens is 1. The van der Waals surface area contributed by atoms with Crippen LogP contribution in [-0.2, 0) is 0 Å². The van der Waals surface area contributed by atoms with Crippen LogP contribution in [0, 0.1) is 17.7 Å². The predicted molar refractivity (Wildman–Crippen MR) is 139 cm³/mol. The molecule has 3 aliphatic rings. The average molecular weight is 500 g/mol. The second-order valence-corrected chi connectivity index (χ2v) is 10.5. The third-order valence-electron chi connectivity index (χ3n) is 8.21. The third kappa shape index (κ3) is 3.19. The van der Waals surface area contributed by atoms with E-state index in [-0.39, 0.29) is 17.9 Å². The van der Waals surface area contributed by atoms with Crippen molar-refractivity contribution in [2.75, 3.05) is 30.4 Å². The lowest BCUT2D eigenvalue weighted by molar-refractivity contribution is 0.194. The Labute approximate surface area is 211 Å². The van der Waals surface area contributed by atoms with E-state index in [2.05, 4.69) is 29.7 Å². The number of rotatable bonds is 5. The topological polar surface area (TPSA) is 123 Å². The van der Waals surface area contributed by atoms with E-state index in [1.54, 1.807) is 13.2 Å². The van der Waals surface area contributed by atoms with Crippen LogP contribution < -0.4 is 20.7 Å². The molecule has 1 saturated heterocycles. The Kier molecular flexibility index (Phi) is 4.29. The molecule has 5 heterocycles. The van der Waals surface area contributed by atoms with Gasteiger partial charge < -0.3 is 30.2 Å². The molecule has 3 atom stereocenters. The van der Waals surface area contributed by atoms with Gasteiger partial charge in [-0.3, -0.25) is 0 Å². The molecule has 4 N–H and O–H groups in total. The molecule has 2 unspecified atom stereocenters. The van der Waals surface area contributed by atoms with Gasteiger partial charge in [-0.2, -0.15) is 9.97 Å². The van der Waals surface area contributed by atoms with E-state index >= 15 is 0 Å². The Bertz CT molecular complexity index is 1710. The average Bonchev–Trinajstić information content (AvgIpc) is 3.39. The molecule has 188 valence electrons. The van der Waals surface area contributed by atoms with Gasteiger partial charge >= 0.3 is 6.01 Å². The number of H-pyrrole nitrogens is 1. The second kappa shape index (κ2) is 7.51. The zero-order chi connectivity index (χ0) is 24.8. The fraction of sp³-hybridized carbons (Fsp3) is 0.385. The van der Waals surface area contributed by atoms with Gasteiger partial charge in [0.05, 0.1) is 29.1 Å². The molecule has 1 aromatic carbocycles. The molecule has 8 rings (SSSR count). The molecule has 2 aliphatic carbocycles. The molecular weight excluding hydrogens is 473 g/mol. The summed E-state index contributed by atoms with van der Waals surface area (Å²) in [6.45, 7) is 1.67. The number of ether oxygens (including phenoxy) is 1. The van der Waals surface area contributed by atoms with Crippen molar-refractivity contribution in [3.8, 4) is 11.8 Å². The highest BCUT2D eigenvalue weighted by Crippen LogP contribution is 2.44. The van der Waals surface area contributed by atoms with Gasteiger partial charge in [0, 0.05) is 43.7 Å². The van der Waals surface area contributed by atoms with E-state index in [4.69, 9.17) is 20.4 Å². The molecule has 11 heteroatoms. The lowest BCUT2D eigenvalue weighted by atomic mass is 9.72. The highest BCUT2D eigenvalue weighted by Gasteiger charge is 2.46. The number of benzene rings is 1. The Balaban J connectivity index is 1.25. The zero-order valence-corrected chi connectivity index (χ0v) is 20.3. The standard InChI is InChI=1S/C26H26FN9O/c1-29-19-6-13(27)5-16-21-23(32-22(16)19)33-26(34-25(21)35-9-12-4-18(28)17(12)10-35)37-15-7-20-24(30-8-15)36(11-31-20)14-2-3-14/h5-8,11-12,14,17-18,29H,2-4,9-10,28H2,1H3,(H,32,33,34)/t12?,17?,18-/m1/s1. The van der Waals surface area contributed by atoms with Crippen LogP contribution >= 0.6 is 0 Å². The first kappa shape index (κ1) is 21.1. The molecular formula is C26H26FN9O. The summed E-state index contributed by atoms with van der Waals surface area (Å²) >= 11 is 0. The number of nitrogens with two attached hydrogens (primary N) is 1. The maximum absolute atomic E-state index is 14.6. The molecule has 0 spiro atoms. The molecule has 5 aromatic rings. The van der Waals surface area contributed by atoms with Crippen molar-refractivity contribution in [1.82, 2.24) is 29.5 Å².